The number of benzene rings is 1. The van der Waals surface area contributed by atoms with Crippen molar-refractivity contribution in [3.8, 4) is 11.8 Å². The van der Waals surface area contributed by atoms with Crippen LogP contribution < -0.4 is 10.1 Å². The first-order valence-corrected chi connectivity index (χ1v) is 5.21. The molecule has 90 valence electrons. The molecule has 0 aliphatic rings. The molecule has 0 saturated heterocycles. The second kappa shape index (κ2) is 5.15. The van der Waals surface area contributed by atoms with Crippen LogP contribution in [0.15, 0.2) is 36.4 Å². The Kier molecular flexibility index (Phi) is 3.39. The van der Waals surface area contributed by atoms with E-state index in [9.17, 15) is 4.39 Å². The average molecular weight is 243 g/mol. The maximum absolute atomic E-state index is 13.0. The van der Waals surface area contributed by atoms with Gasteiger partial charge >= 0.3 is 0 Å². The van der Waals surface area contributed by atoms with Crippen LogP contribution in [-0.4, -0.2) is 12.1 Å². The number of para-hydroxylation sites is 1. The third-order valence-corrected chi connectivity index (χ3v) is 2.33. The summed E-state index contributed by atoms with van der Waals surface area (Å²) in [6.07, 6.45) is 0. The van der Waals surface area contributed by atoms with Gasteiger partial charge in [-0.3, -0.25) is 0 Å². The smallest absolute Gasteiger partial charge is 0.214 e. The van der Waals surface area contributed by atoms with Gasteiger partial charge < -0.3 is 10.1 Å². The summed E-state index contributed by atoms with van der Waals surface area (Å²) in [4.78, 5) is 3.68. The number of hydrogen-bond donors (Lipinski definition) is 1. The summed E-state index contributed by atoms with van der Waals surface area (Å²) in [6.45, 7) is 0. The molecule has 5 heteroatoms. The van der Waals surface area contributed by atoms with E-state index < -0.39 is 5.95 Å². The highest BCUT2D eigenvalue weighted by molar-refractivity contribution is 5.71. The Balaban J connectivity index is 2.42. The molecular formula is C13H10FN3O. The lowest BCUT2D eigenvalue weighted by molar-refractivity contribution is 0.416. The van der Waals surface area contributed by atoms with Crippen LogP contribution in [0.3, 0.4) is 0 Å². The van der Waals surface area contributed by atoms with Crippen LogP contribution in [-0.2, 0) is 0 Å². The van der Waals surface area contributed by atoms with Crippen molar-refractivity contribution in [3.63, 3.8) is 0 Å². The highest BCUT2D eigenvalue weighted by Gasteiger charge is 2.09. The van der Waals surface area contributed by atoms with Crippen LogP contribution in [0.4, 0.5) is 15.9 Å². The molecule has 0 amide bonds. The standard InChI is InChI=1S/C13H10FN3O/c1-18-10-5-2-4-9(8-15)13(10)17-12-7-3-6-11(14)16-12/h2-7H,1H3,(H,16,17). The molecule has 0 aliphatic heterocycles. The fraction of sp³-hybridized carbons (Fsp3) is 0.0769. The van der Waals surface area contributed by atoms with Crippen molar-refractivity contribution in [2.75, 3.05) is 12.4 Å². The Morgan fingerprint density at radius 1 is 1.28 bits per heavy atom. The highest BCUT2D eigenvalue weighted by atomic mass is 19.1. The SMILES string of the molecule is COc1cccc(C#N)c1Nc1cccc(F)n1. The number of methoxy groups -OCH3 is 1. The van der Waals surface area contributed by atoms with Gasteiger partial charge in [-0.15, -0.1) is 0 Å². The molecule has 18 heavy (non-hydrogen) atoms. The summed E-state index contributed by atoms with van der Waals surface area (Å²) in [7, 11) is 1.50. The lowest BCUT2D eigenvalue weighted by Gasteiger charge is -2.11. The van der Waals surface area contributed by atoms with E-state index in [1.807, 2.05) is 6.07 Å². The normalized spacial score (nSPS) is 9.61. The van der Waals surface area contributed by atoms with E-state index in [1.165, 1.54) is 19.2 Å². The van der Waals surface area contributed by atoms with Gasteiger partial charge in [0, 0.05) is 0 Å². The van der Waals surface area contributed by atoms with E-state index in [0.29, 0.717) is 22.8 Å². The zero-order chi connectivity index (χ0) is 13.0. The number of nitrogens with one attached hydrogen (secondary N) is 1. The zero-order valence-corrected chi connectivity index (χ0v) is 9.64. The molecule has 0 saturated carbocycles. The summed E-state index contributed by atoms with van der Waals surface area (Å²) in [6, 6.07) is 11.5. The topological polar surface area (TPSA) is 57.9 Å². The largest absolute Gasteiger partial charge is 0.495 e. The number of pyridine rings is 1. The monoisotopic (exact) mass is 243 g/mol. The predicted octanol–water partition coefficient (Wildman–Crippen LogP) is 2.84. The minimum Gasteiger partial charge on any atom is -0.495 e. The van der Waals surface area contributed by atoms with Gasteiger partial charge in [0.25, 0.3) is 0 Å². The molecule has 0 bridgehead atoms. The van der Waals surface area contributed by atoms with E-state index in [0.717, 1.165) is 0 Å². The first-order valence-electron chi connectivity index (χ1n) is 5.21. The van der Waals surface area contributed by atoms with Crippen LogP contribution in [0.1, 0.15) is 5.56 Å². The second-order valence-electron chi connectivity index (χ2n) is 3.47. The fourth-order valence-electron chi connectivity index (χ4n) is 1.53. The van der Waals surface area contributed by atoms with Crippen LogP contribution in [0.2, 0.25) is 0 Å². The minimum absolute atomic E-state index is 0.316. The molecule has 1 aromatic heterocycles. The molecule has 0 fully saturated rings. The predicted molar refractivity (Wildman–Crippen MR) is 65.2 cm³/mol. The third-order valence-electron chi connectivity index (χ3n) is 2.33. The van der Waals surface area contributed by atoms with Crippen LogP contribution in [0.25, 0.3) is 0 Å². The summed E-state index contributed by atoms with van der Waals surface area (Å²) < 4.78 is 18.1. The zero-order valence-electron chi connectivity index (χ0n) is 9.64. The molecule has 1 aromatic carbocycles. The van der Waals surface area contributed by atoms with E-state index in [4.69, 9.17) is 10.00 Å². The maximum atomic E-state index is 13.0. The Morgan fingerprint density at radius 2 is 2.06 bits per heavy atom. The molecule has 1 heterocycles. The summed E-state index contributed by atoms with van der Waals surface area (Å²) in [5.74, 6) is 0.226. The van der Waals surface area contributed by atoms with Crippen molar-refractivity contribution in [2.45, 2.75) is 0 Å². The van der Waals surface area contributed by atoms with Gasteiger partial charge in [0.15, 0.2) is 0 Å². The van der Waals surface area contributed by atoms with Crippen molar-refractivity contribution in [3.05, 3.63) is 47.9 Å². The van der Waals surface area contributed by atoms with E-state index in [1.54, 1.807) is 24.3 Å². The van der Waals surface area contributed by atoms with Gasteiger partial charge in [-0.2, -0.15) is 9.65 Å². The summed E-state index contributed by atoms with van der Waals surface area (Å²) in [5.41, 5.74) is 0.876. The van der Waals surface area contributed by atoms with Crippen molar-refractivity contribution in [1.29, 1.82) is 5.26 Å². The van der Waals surface area contributed by atoms with Crippen molar-refractivity contribution < 1.29 is 9.13 Å². The third kappa shape index (κ3) is 2.38. The lowest BCUT2D eigenvalue weighted by Crippen LogP contribution is -2.00. The van der Waals surface area contributed by atoms with Gasteiger partial charge in [-0.1, -0.05) is 12.1 Å². The molecular weight excluding hydrogens is 233 g/mol. The van der Waals surface area contributed by atoms with Gasteiger partial charge in [-0.05, 0) is 24.3 Å². The second-order valence-corrected chi connectivity index (χ2v) is 3.47. The Hall–Kier alpha value is -2.61. The summed E-state index contributed by atoms with van der Waals surface area (Å²) in [5, 5.41) is 11.9. The van der Waals surface area contributed by atoms with Gasteiger partial charge in [0.05, 0.1) is 12.7 Å². The van der Waals surface area contributed by atoms with E-state index >= 15 is 0 Å². The number of hydrogen-bond acceptors (Lipinski definition) is 4. The number of rotatable bonds is 3. The van der Waals surface area contributed by atoms with E-state index in [2.05, 4.69) is 10.3 Å². The number of anilines is 2. The number of nitrogens with zero attached hydrogens (tertiary/aromatic N) is 2. The molecule has 4 nitrogen and oxygen atoms in total. The number of halogens is 1. The highest BCUT2D eigenvalue weighted by Crippen LogP contribution is 2.30. The fourth-order valence-corrected chi connectivity index (χ4v) is 1.53. The van der Waals surface area contributed by atoms with Gasteiger partial charge in [0.2, 0.25) is 5.95 Å². The molecule has 0 spiro atoms. The molecule has 2 aromatic rings. The minimum atomic E-state index is -0.589. The van der Waals surface area contributed by atoms with Gasteiger partial charge in [0.1, 0.15) is 23.3 Å². The van der Waals surface area contributed by atoms with Gasteiger partial charge in [-0.25, -0.2) is 4.98 Å². The Labute approximate surface area is 104 Å². The van der Waals surface area contributed by atoms with Crippen LogP contribution >= 0.6 is 0 Å². The molecule has 1 N–H and O–H groups in total. The number of aromatic nitrogens is 1. The molecule has 0 radical (unpaired) electrons. The maximum Gasteiger partial charge on any atom is 0.214 e. The molecule has 0 atom stereocenters. The summed E-state index contributed by atoms with van der Waals surface area (Å²) >= 11 is 0. The first-order chi connectivity index (χ1) is 8.74. The Morgan fingerprint density at radius 3 is 2.72 bits per heavy atom. The molecule has 0 unspecified atom stereocenters. The average Bonchev–Trinajstić information content (AvgIpc) is 2.39. The Bertz CT molecular complexity index is 607. The number of ether oxygens (including phenoxy) is 1. The quantitative estimate of drug-likeness (QED) is 0.842. The van der Waals surface area contributed by atoms with Crippen LogP contribution in [0, 0.1) is 17.3 Å². The lowest BCUT2D eigenvalue weighted by atomic mass is 10.2. The van der Waals surface area contributed by atoms with Crippen molar-refractivity contribution >= 4 is 11.5 Å². The van der Waals surface area contributed by atoms with E-state index in [-0.39, 0.29) is 0 Å². The number of nitriles is 1. The van der Waals surface area contributed by atoms with Crippen LogP contribution in [0.5, 0.6) is 5.75 Å². The molecule has 0 aliphatic carbocycles. The van der Waals surface area contributed by atoms with Crippen molar-refractivity contribution in [1.82, 2.24) is 4.98 Å². The molecule has 2 rings (SSSR count). The first kappa shape index (κ1) is 11.9. The van der Waals surface area contributed by atoms with Crippen molar-refractivity contribution in [2.24, 2.45) is 0 Å².